The average Bonchev–Trinajstić information content (AvgIpc) is 2.58. The monoisotopic (exact) mass is 199 g/mol. The van der Waals surface area contributed by atoms with Crippen LogP contribution in [0.5, 0.6) is 0 Å². The molecule has 4 N–H and O–H groups in total. The van der Waals surface area contributed by atoms with Gasteiger partial charge in [-0.25, -0.2) is 5.43 Å². The second-order valence-electron chi connectivity index (χ2n) is 4.49. The van der Waals surface area contributed by atoms with Crippen molar-refractivity contribution in [1.29, 1.82) is 0 Å². The van der Waals surface area contributed by atoms with Crippen molar-refractivity contribution in [1.82, 2.24) is 16.2 Å². The van der Waals surface area contributed by atoms with Gasteiger partial charge in [-0.05, 0) is 12.3 Å². The Balaban J connectivity index is 2.03. The van der Waals surface area contributed by atoms with Crippen molar-refractivity contribution in [2.45, 2.75) is 38.5 Å². The molecule has 0 amide bonds. The summed E-state index contributed by atoms with van der Waals surface area (Å²) < 4.78 is 0. The minimum atomic E-state index is -0.747. The highest BCUT2D eigenvalue weighted by atomic mass is 16.4. The van der Waals surface area contributed by atoms with Crippen LogP contribution in [0.15, 0.2) is 0 Å². The summed E-state index contributed by atoms with van der Waals surface area (Å²) in [5, 5.41) is 11.9. The second kappa shape index (κ2) is 3.49. The highest BCUT2D eigenvalue weighted by Crippen LogP contribution is 2.29. The molecule has 5 nitrogen and oxygen atoms in total. The number of aliphatic carboxylic acids is 1. The molecule has 14 heavy (non-hydrogen) atoms. The van der Waals surface area contributed by atoms with Crippen molar-refractivity contribution >= 4 is 5.97 Å². The van der Waals surface area contributed by atoms with E-state index >= 15 is 0 Å². The Morgan fingerprint density at radius 3 is 2.71 bits per heavy atom. The largest absolute Gasteiger partial charge is 0.480 e. The second-order valence-corrected chi connectivity index (χ2v) is 4.49. The van der Waals surface area contributed by atoms with E-state index < -0.39 is 5.97 Å². The first-order chi connectivity index (χ1) is 6.59. The summed E-state index contributed by atoms with van der Waals surface area (Å²) in [5.74, 6) is 0.159. The Bertz CT molecular complexity index is 244. The van der Waals surface area contributed by atoms with E-state index in [1.165, 1.54) is 0 Å². The Labute approximate surface area is 83.2 Å². The Kier molecular flexibility index (Phi) is 2.47. The van der Waals surface area contributed by atoms with Crippen LogP contribution < -0.4 is 16.2 Å². The van der Waals surface area contributed by atoms with Crippen LogP contribution >= 0.6 is 0 Å². The normalized spacial score (nSPS) is 41.6. The lowest BCUT2D eigenvalue weighted by Gasteiger charge is -2.20. The van der Waals surface area contributed by atoms with Crippen molar-refractivity contribution in [3.05, 3.63) is 0 Å². The molecule has 2 rings (SSSR count). The molecule has 4 atom stereocenters. The van der Waals surface area contributed by atoms with E-state index in [9.17, 15) is 4.79 Å². The summed E-state index contributed by atoms with van der Waals surface area (Å²) in [6.07, 6.45) is 0.826. The van der Waals surface area contributed by atoms with Crippen LogP contribution in [0.4, 0.5) is 0 Å². The van der Waals surface area contributed by atoms with Crippen LogP contribution in [0.25, 0.3) is 0 Å². The van der Waals surface area contributed by atoms with E-state index in [-0.39, 0.29) is 12.2 Å². The molecule has 0 spiro atoms. The highest BCUT2D eigenvalue weighted by Gasteiger charge is 2.46. The zero-order chi connectivity index (χ0) is 10.3. The van der Waals surface area contributed by atoms with Gasteiger partial charge in [0.25, 0.3) is 0 Å². The van der Waals surface area contributed by atoms with Crippen LogP contribution in [0, 0.1) is 11.8 Å². The molecule has 2 aliphatic heterocycles. The van der Waals surface area contributed by atoms with E-state index in [0.717, 1.165) is 0 Å². The molecular weight excluding hydrogens is 182 g/mol. The van der Waals surface area contributed by atoms with Gasteiger partial charge in [-0.3, -0.25) is 15.5 Å². The molecule has 0 saturated carbocycles. The number of nitrogens with one attached hydrogen (secondary N) is 3. The molecule has 0 aromatic heterocycles. The Hall–Kier alpha value is -0.650. The molecule has 2 aliphatic rings. The predicted molar refractivity (Wildman–Crippen MR) is 51.4 cm³/mol. The van der Waals surface area contributed by atoms with Crippen molar-refractivity contribution < 1.29 is 9.90 Å². The van der Waals surface area contributed by atoms with E-state index in [1.54, 1.807) is 0 Å². The van der Waals surface area contributed by atoms with E-state index in [4.69, 9.17) is 5.11 Å². The first-order valence-corrected chi connectivity index (χ1v) is 5.09. The molecule has 80 valence electrons. The number of fused-ring (bicyclic) bond motifs is 1. The lowest BCUT2D eigenvalue weighted by atomic mass is 9.89. The summed E-state index contributed by atoms with van der Waals surface area (Å²) >= 11 is 0. The standard InChI is InChI=1S/C9H17N3O2/c1-4(2)7-5-3-6(9(13)14)10-8(5)12-11-7/h4-8,10-12H,3H2,1-2H3,(H,13,14). The van der Waals surface area contributed by atoms with Gasteiger partial charge in [0, 0.05) is 12.0 Å². The minimum absolute atomic E-state index is 0.114. The zero-order valence-corrected chi connectivity index (χ0v) is 8.45. The molecule has 4 unspecified atom stereocenters. The zero-order valence-electron chi connectivity index (χ0n) is 8.45. The third-order valence-corrected chi connectivity index (χ3v) is 3.20. The van der Waals surface area contributed by atoms with Gasteiger partial charge in [-0.2, -0.15) is 0 Å². The van der Waals surface area contributed by atoms with Gasteiger partial charge < -0.3 is 5.11 Å². The average molecular weight is 199 g/mol. The summed E-state index contributed by atoms with van der Waals surface area (Å²) in [4.78, 5) is 10.8. The van der Waals surface area contributed by atoms with Gasteiger partial charge in [0.15, 0.2) is 0 Å². The Morgan fingerprint density at radius 1 is 1.43 bits per heavy atom. The van der Waals surface area contributed by atoms with Crippen LogP contribution in [0.3, 0.4) is 0 Å². The molecule has 0 radical (unpaired) electrons. The molecule has 0 bridgehead atoms. The lowest BCUT2D eigenvalue weighted by molar-refractivity contribution is -0.139. The molecular formula is C9H17N3O2. The molecule has 2 saturated heterocycles. The first kappa shape index (κ1) is 9.89. The van der Waals surface area contributed by atoms with E-state index in [1.807, 2.05) is 0 Å². The highest BCUT2D eigenvalue weighted by molar-refractivity contribution is 5.74. The number of carbonyl (C=O) groups is 1. The number of hydrogen-bond donors (Lipinski definition) is 4. The first-order valence-electron chi connectivity index (χ1n) is 5.09. The van der Waals surface area contributed by atoms with Crippen molar-refractivity contribution in [3.63, 3.8) is 0 Å². The van der Waals surface area contributed by atoms with Crippen LogP contribution in [-0.4, -0.2) is 29.3 Å². The number of hydrazine groups is 1. The van der Waals surface area contributed by atoms with Gasteiger partial charge in [-0.15, -0.1) is 0 Å². The lowest BCUT2D eigenvalue weighted by Crippen LogP contribution is -2.45. The third kappa shape index (κ3) is 1.51. The van der Waals surface area contributed by atoms with Crippen molar-refractivity contribution in [3.8, 4) is 0 Å². The maximum Gasteiger partial charge on any atom is 0.320 e. The fraction of sp³-hybridized carbons (Fsp3) is 0.889. The number of hydrogen-bond acceptors (Lipinski definition) is 4. The summed E-state index contributed by atoms with van der Waals surface area (Å²) in [6, 6.07) is -0.0160. The van der Waals surface area contributed by atoms with Crippen molar-refractivity contribution in [2.75, 3.05) is 0 Å². The summed E-state index contributed by atoms with van der Waals surface area (Å²) in [6.45, 7) is 4.30. The molecule has 2 fully saturated rings. The quantitative estimate of drug-likeness (QED) is 0.483. The molecule has 2 heterocycles. The van der Waals surface area contributed by atoms with E-state index in [0.29, 0.717) is 24.3 Å². The van der Waals surface area contributed by atoms with Gasteiger partial charge in [-0.1, -0.05) is 13.8 Å². The SMILES string of the molecule is CC(C)C1NNC2NC(C(=O)O)CC21. The van der Waals surface area contributed by atoms with Gasteiger partial charge >= 0.3 is 5.97 Å². The topological polar surface area (TPSA) is 73.4 Å². The summed E-state index contributed by atoms with van der Waals surface area (Å²) in [5.41, 5.74) is 6.32. The fourth-order valence-electron chi connectivity index (χ4n) is 2.45. The maximum atomic E-state index is 10.8. The predicted octanol–water partition coefficient (Wildman–Crippen LogP) is -0.492. The van der Waals surface area contributed by atoms with Crippen molar-refractivity contribution in [2.24, 2.45) is 11.8 Å². The molecule has 0 aromatic carbocycles. The molecule has 0 aromatic rings. The van der Waals surface area contributed by atoms with Gasteiger partial charge in [0.1, 0.15) is 6.04 Å². The van der Waals surface area contributed by atoms with Crippen LogP contribution in [0.2, 0.25) is 0 Å². The van der Waals surface area contributed by atoms with Gasteiger partial charge in [0.2, 0.25) is 0 Å². The van der Waals surface area contributed by atoms with Crippen LogP contribution in [0.1, 0.15) is 20.3 Å². The number of carboxylic acid groups (broad SMARTS) is 1. The maximum absolute atomic E-state index is 10.8. The smallest absolute Gasteiger partial charge is 0.320 e. The fourth-order valence-corrected chi connectivity index (χ4v) is 2.45. The summed E-state index contributed by atoms with van der Waals surface area (Å²) in [7, 11) is 0. The third-order valence-electron chi connectivity index (χ3n) is 3.20. The van der Waals surface area contributed by atoms with Gasteiger partial charge in [0.05, 0.1) is 6.17 Å². The van der Waals surface area contributed by atoms with Crippen LogP contribution in [-0.2, 0) is 4.79 Å². The Morgan fingerprint density at radius 2 is 2.14 bits per heavy atom. The molecule has 0 aliphatic carbocycles. The number of rotatable bonds is 2. The number of carboxylic acids is 1. The molecule has 5 heteroatoms. The minimum Gasteiger partial charge on any atom is -0.480 e. The van der Waals surface area contributed by atoms with E-state index in [2.05, 4.69) is 30.0 Å².